The van der Waals surface area contributed by atoms with E-state index in [4.69, 9.17) is 13.8 Å². The maximum atomic E-state index is 12.7. The predicted octanol–water partition coefficient (Wildman–Crippen LogP) is 7.19. The third-order valence-corrected chi connectivity index (χ3v) is 6.73. The fourth-order valence-electron chi connectivity index (χ4n) is 3.83. The molecule has 0 aromatic rings. The molecule has 5 heteroatoms. The minimum absolute atomic E-state index is 0.184. The minimum Gasteiger partial charge on any atom is -0.370 e. The third kappa shape index (κ3) is 9.17. The van der Waals surface area contributed by atoms with E-state index in [9.17, 15) is 4.57 Å². The van der Waals surface area contributed by atoms with Gasteiger partial charge in [0.15, 0.2) is 0 Å². The first kappa shape index (κ1) is 25.9. The van der Waals surface area contributed by atoms with Crippen LogP contribution in [0.1, 0.15) is 89.0 Å². The molecule has 0 heterocycles. The molecule has 0 aliphatic rings. The third-order valence-electron chi connectivity index (χ3n) is 4.81. The van der Waals surface area contributed by atoms with Gasteiger partial charge >= 0.3 is 7.60 Å². The molecule has 0 aliphatic carbocycles. The highest BCUT2D eigenvalue weighted by Gasteiger charge is 2.40. The van der Waals surface area contributed by atoms with Crippen LogP contribution in [0.4, 0.5) is 0 Å². The van der Waals surface area contributed by atoms with E-state index in [-0.39, 0.29) is 11.0 Å². The Morgan fingerprint density at radius 2 is 1.35 bits per heavy atom. The topological polar surface area (TPSA) is 44.8 Å². The molecule has 0 saturated heterocycles. The number of rotatable bonds is 11. The van der Waals surface area contributed by atoms with Crippen LogP contribution in [-0.4, -0.2) is 23.9 Å². The van der Waals surface area contributed by atoms with Gasteiger partial charge in [-0.05, 0) is 66.2 Å². The van der Waals surface area contributed by atoms with E-state index >= 15 is 0 Å². The molecule has 0 N–H and O–H groups in total. The first-order valence-corrected chi connectivity index (χ1v) is 11.2. The number of allylic oxidation sites excluding steroid dienone is 1. The lowest BCUT2D eigenvalue weighted by molar-refractivity contribution is -0.160. The molecular formula is C21H43O4P. The lowest BCUT2D eigenvalue weighted by Gasteiger charge is -2.44. The molecule has 0 amide bonds. The smallest absolute Gasteiger partial charge is 0.354 e. The summed E-state index contributed by atoms with van der Waals surface area (Å²) in [6, 6.07) is 0. The van der Waals surface area contributed by atoms with Gasteiger partial charge in [-0.3, -0.25) is 9.09 Å². The monoisotopic (exact) mass is 390 g/mol. The van der Waals surface area contributed by atoms with Crippen LogP contribution in [0.2, 0.25) is 0 Å². The normalized spacial score (nSPS) is 17.1. The van der Waals surface area contributed by atoms with Gasteiger partial charge in [-0.1, -0.05) is 33.8 Å². The zero-order valence-corrected chi connectivity index (χ0v) is 20.1. The standard InChI is InChI=1S/C21H43O4P/c1-13-14-26(22,23-12)25-21(10,11)16-20(8,9)24-19(6,7)15-18(4,5)17(2)3/h13-14,17H,15-16H2,1-12H3/b14-13+. The lowest BCUT2D eigenvalue weighted by Crippen LogP contribution is -2.44. The van der Waals surface area contributed by atoms with Gasteiger partial charge in [-0.2, -0.15) is 0 Å². The highest BCUT2D eigenvalue weighted by molar-refractivity contribution is 7.57. The molecule has 0 fully saturated rings. The summed E-state index contributed by atoms with van der Waals surface area (Å²) in [4.78, 5) is 0. The van der Waals surface area contributed by atoms with Crippen LogP contribution in [0.5, 0.6) is 0 Å². The van der Waals surface area contributed by atoms with Crippen molar-refractivity contribution in [3.63, 3.8) is 0 Å². The van der Waals surface area contributed by atoms with Crippen LogP contribution >= 0.6 is 7.60 Å². The molecule has 4 nitrogen and oxygen atoms in total. The first-order valence-electron chi connectivity index (χ1n) is 9.59. The Hall–Kier alpha value is -0.150. The summed E-state index contributed by atoms with van der Waals surface area (Å²) >= 11 is 0. The molecule has 0 spiro atoms. The average molecular weight is 391 g/mol. The average Bonchev–Trinajstić information content (AvgIpc) is 2.33. The van der Waals surface area contributed by atoms with Gasteiger partial charge in [0, 0.05) is 19.3 Å². The van der Waals surface area contributed by atoms with E-state index in [0.717, 1.165) is 6.42 Å². The van der Waals surface area contributed by atoms with Crippen LogP contribution in [0.3, 0.4) is 0 Å². The summed E-state index contributed by atoms with van der Waals surface area (Å²) in [6.07, 6.45) is 3.24. The van der Waals surface area contributed by atoms with Crippen LogP contribution < -0.4 is 0 Å². The first-order chi connectivity index (χ1) is 11.4. The maximum absolute atomic E-state index is 12.7. The number of hydrogen-bond donors (Lipinski definition) is 0. The summed E-state index contributed by atoms with van der Waals surface area (Å²) in [5.74, 6) is 2.07. The zero-order valence-electron chi connectivity index (χ0n) is 19.2. The summed E-state index contributed by atoms with van der Waals surface area (Å²) in [6.45, 7) is 23.2. The number of hydrogen-bond acceptors (Lipinski definition) is 4. The summed E-state index contributed by atoms with van der Waals surface area (Å²) in [5.41, 5.74) is -1.18. The fourth-order valence-corrected chi connectivity index (χ4v) is 5.21. The highest BCUT2D eigenvalue weighted by atomic mass is 31.2. The molecule has 0 rings (SSSR count). The Morgan fingerprint density at radius 1 is 0.885 bits per heavy atom. The minimum atomic E-state index is -3.24. The van der Waals surface area contributed by atoms with Crippen molar-refractivity contribution in [2.24, 2.45) is 11.3 Å². The lowest BCUT2D eigenvalue weighted by atomic mass is 9.73. The van der Waals surface area contributed by atoms with Crippen molar-refractivity contribution >= 4 is 7.60 Å². The van der Waals surface area contributed by atoms with Gasteiger partial charge < -0.3 is 9.26 Å². The van der Waals surface area contributed by atoms with Crippen LogP contribution in [0.15, 0.2) is 11.9 Å². The van der Waals surface area contributed by atoms with E-state index in [1.807, 2.05) is 13.8 Å². The fraction of sp³-hybridized carbons (Fsp3) is 0.905. The molecule has 1 unspecified atom stereocenters. The van der Waals surface area contributed by atoms with Crippen molar-refractivity contribution in [3.8, 4) is 0 Å². The summed E-state index contributed by atoms with van der Waals surface area (Å²) in [5, 5.41) is 0. The molecular weight excluding hydrogens is 347 g/mol. The van der Waals surface area contributed by atoms with Crippen molar-refractivity contribution in [1.82, 2.24) is 0 Å². The molecule has 0 aromatic carbocycles. The largest absolute Gasteiger partial charge is 0.370 e. The molecule has 0 bridgehead atoms. The Balaban J connectivity index is 5.19. The van der Waals surface area contributed by atoms with Gasteiger partial charge in [0.1, 0.15) is 0 Å². The van der Waals surface area contributed by atoms with Crippen LogP contribution in [-0.2, 0) is 18.3 Å². The summed E-state index contributed by atoms with van der Waals surface area (Å²) < 4.78 is 30.2. The van der Waals surface area contributed by atoms with E-state index in [1.54, 1.807) is 13.0 Å². The van der Waals surface area contributed by atoms with Crippen molar-refractivity contribution in [2.45, 2.75) is 106 Å². The Bertz CT molecular complexity index is 516. The Kier molecular flexibility index (Phi) is 8.85. The molecule has 26 heavy (non-hydrogen) atoms. The van der Waals surface area contributed by atoms with Crippen molar-refractivity contribution < 1.29 is 18.3 Å². The van der Waals surface area contributed by atoms with Gasteiger partial charge in [0.25, 0.3) is 0 Å². The molecule has 0 aliphatic heterocycles. The van der Waals surface area contributed by atoms with E-state index in [0.29, 0.717) is 12.3 Å². The second-order valence-corrected chi connectivity index (χ2v) is 12.1. The van der Waals surface area contributed by atoms with Gasteiger partial charge in [-0.25, -0.2) is 0 Å². The Morgan fingerprint density at radius 3 is 1.73 bits per heavy atom. The van der Waals surface area contributed by atoms with Crippen molar-refractivity contribution in [1.29, 1.82) is 0 Å². The quantitative estimate of drug-likeness (QED) is 0.350. The van der Waals surface area contributed by atoms with E-state index in [2.05, 4.69) is 55.4 Å². The van der Waals surface area contributed by atoms with Crippen LogP contribution in [0.25, 0.3) is 0 Å². The second kappa shape index (κ2) is 8.90. The molecule has 1 atom stereocenters. The SMILES string of the molecule is C/C=C/P(=O)(OC)OC(C)(C)CC(C)(C)OC(C)(C)CC(C)(C)C(C)C. The summed E-state index contributed by atoms with van der Waals surface area (Å²) in [7, 11) is -1.83. The second-order valence-electron chi connectivity index (χ2n) is 10.2. The Labute approximate surface area is 162 Å². The van der Waals surface area contributed by atoms with Crippen molar-refractivity contribution in [2.75, 3.05) is 7.11 Å². The van der Waals surface area contributed by atoms with E-state index < -0.39 is 18.8 Å². The van der Waals surface area contributed by atoms with E-state index in [1.165, 1.54) is 12.9 Å². The molecule has 0 saturated carbocycles. The molecule has 156 valence electrons. The maximum Gasteiger partial charge on any atom is 0.354 e. The molecule has 0 radical (unpaired) electrons. The predicted molar refractivity (Wildman–Crippen MR) is 112 cm³/mol. The van der Waals surface area contributed by atoms with Gasteiger partial charge in [0.05, 0.1) is 16.8 Å². The number of ether oxygens (including phenoxy) is 1. The van der Waals surface area contributed by atoms with Crippen LogP contribution in [0, 0.1) is 11.3 Å². The molecule has 0 aromatic heterocycles. The van der Waals surface area contributed by atoms with Gasteiger partial charge in [0.2, 0.25) is 0 Å². The van der Waals surface area contributed by atoms with Crippen molar-refractivity contribution in [3.05, 3.63) is 11.9 Å². The van der Waals surface area contributed by atoms with Gasteiger partial charge in [-0.15, -0.1) is 0 Å². The highest BCUT2D eigenvalue weighted by Crippen LogP contribution is 2.53. The zero-order chi connectivity index (χ0) is 21.0.